The molecule has 0 spiro atoms. The van der Waals surface area contributed by atoms with E-state index in [4.69, 9.17) is 4.74 Å². The molecule has 6 heteroatoms. The zero-order chi connectivity index (χ0) is 19.2. The van der Waals surface area contributed by atoms with Gasteiger partial charge in [0.15, 0.2) is 11.6 Å². The van der Waals surface area contributed by atoms with Crippen molar-refractivity contribution in [3.05, 3.63) is 65.5 Å². The first-order valence-corrected chi connectivity index (χ1v) is 8.75. The van der Waals surface area contributed by atoms with Crippen LogP contribution in [0.2, 0.25) is 0 Å². The summed E-state index contributed by atoms with van der Waals surface area (Å²) in [5, 5.41) is 2.79. The van der Waals surface area contributed by atoms with Crippen LogP contribution in [0, 0.1) is 5.82 Å². The molecule has 1 heterocycles. The molecule has 140 valence electrons. The summed E-state index contributed by atoms with van der Waals surface area (Å²) in [4.78, 5) is 25.6. The summed E-state index contributed by atoms with van der Waals surface area (Å²) in [6.07, 6.45) is 4.35. The van der Waals surface area contributed by atoms with E-state index >= 15 is 0 Å². The molecule has 2 aromatic rings. The molecule has 3 rings (SSSR count). The van der Waals surface area contributed by atoms with Gasteiger partial charge in [0, 0.05) is 31.3 Å². The van der Waals surface area contributed by atoms with E-state index in [-0.39, 0.29) is 17.6 Å². The normalized spacial score (nSPS) is 14.0. The van der Waals surface area contributed by atoms with E-state index in [2.05, 4.69) is 5.32 Å². The van der Waals surface area contributed by atoms with Gasteiger partial charge in [0.05, 0.1) is 7.11 Å². The maximum Gasteiger partial charge on any atom is 0.244 e. The van der Waals surface area contributed by atoms with Crippen LogP contribution in [0.3, 0.4) is 0 Å². The smallest absolute Gasteiger partial charge is 0.244 e. The molecular formula is C21H21FN2O3. The standard InChI is InChI=1S/C21H21FN2O3/c1-27-19-9-7-15(13-18(19)22)8-10-20(25)23-14-16-4-2-5-17(12-16)24-11-3-6-21(24)26/h2,4-5,7-10,12-13H,3,6,11,14H2,1H3,(H,23,25)/b10-8+. The van der Waals surface area contributed by atoms with Crippen molar-refractivity contribution in [3.8, 4) is 5.75 Å². The molecule has 0 saturated carbocycles. The van der Waals surface area contributed by atoms with Crippen LogP contribution in [0.25, 0.3) is 6.08 Å². The summed E-state index contributed by atoms with van der Waals surface area (Å²) in [7, 11) is 1.40. The molecule has 2 amide bonds. The van der Waals surface area contributed by atoms with Crippen LogP contribution in [0.5, 0.6) is 5.75 Å². The van der Waals surface area contributed by atoms with Crippen LogP contribution in [-0.2, 0) is 16.1 Å². The van der Waals surface area contributed by atoms with Gasteiger partial charge in [0.2, 0.25) is 11.8 Å². The lowest BCUT2D eigenvalue weighted by Crippen LogP contribution is -2.24. The van der Waals surface area contributed by atoms with Crippen molar-refractivity contribution < 1.29 is 18.7 Å². The lowest BCUT2D eigenvalue weighted by atomic mass is 10.1. The van der Waals surface area contributed by atoms with E-state index in [0.717, 1.165) is 24.2 Å². The Hall–Kier alpha value is -3.15. The van der Waals surface area contributed by atoms with Crippen LogP contribution in [0.4, 0.5) is 10.1 Å². The number of ether oxygens (including phenoxy) is 1. The molecular weight excluding hydrogens is 347 g/mol. The highest BCUT2D eigenvalue weighted by atomic mass is 19.1. The molecule has 1 aliphatic heterocycles. The number of hydrogen-bond acceptors (Lipinski definition) is 3. The van der Waals surface area contributed by atoms with Crippen molar-refractivity contribution in [1.29, 1.82) is 0 Å². The van der Waals surface area contributed by atoms with E-state index in [0.29, 0.717) is 18.5 Å². The summed E-state index contributed by atoms with van der Waals surface area (Å²) < 4.78 is 18.5. The summed E-state index contributed by atoms with van der Waals surface area (Å²) in [5.74, 6) is -0.471. The number of nitrogens with one attached hydrogen (secondary N) is 1. The zero-order valence-electron chi connectivity index (χ0n) is 15.1. The Labute approximate surface area is 157 Å². The number of nitrogens with zero attached hydrogens (tertiary/aromatic N) is 1. The van der Waals surface area contributed by atoms with Gasteiger partial charge in [-0.3, -0.25) is 9.59 Å². The van der Waals surface area contributed by atoms with Crippen LogP contribution < -0.4 is 15.0 Å². The predicted octanol–water partition coefficient (Wildman–Crippen LogP) is 3.29. The topological polar surface area (TPSA) is 58.6 Å². The number of methoxy groups -OCH3 is 1. The van der Waals surface area contributed by atoms with Gasteiger partial charge < -0.3 is 15.0 Å². The second-order valence-corrected chi connectivity index (χ2v) is 6.26. The number of anilines is 1. The molecule has 1 fully saturated rings. The predicted molar refractivity (Wildman–Crippen MR) is 102 cm³/mol. The highest BCUT2D eigenvalue weighted by Crippen LogP contribution is 2.22. The fraction of sp³-hybridized carbons (Fsp3) is 0.238. The second kappa shape index (κ2) is 8.49. The third kappa shape index (κ3) is 4.73. The Morgan fingerprint density at radius 3 is 2.85 bits per heavy atom. The van der Waals surface area contributed by atoms with Crippen molar-refractivity contribution in [3.63, 3.8) is 0 Å². The summed E-state index contributed by atoms with van der Waals surface area (Å²) in [6.45, 7) is 1.08. The molecule has 1 N–H and O–H groups in total. The van der Waals surface area contributed by atoms with E-state index in [1.165, 1.54) is 31.4 Å². The lowest BCUT2D eigenvalue weighted by Gasteiger charge is -2.16. The summed E-state index contributed by atoms with van der Waals surface area (Å²) >= 11 is 0. The molecule has 5 nitrogen and oxygen atoms in total. The fourth-order valence-corrected chi connectivity index (χ4v) is 2.96. The second-order valence-electron chi connectivity index (χ2n) is 6.26. The third-order valence-electron chi connectivity index (χ3n) is 4.37. The Morgan fingerprint density at radius 1 is 1.30 bits per heavy atom. The van der Waals surface area contributed by atoms with Gasteiger partial charge in [0.25, 0.3) is 0 Å². The number of hydrogen-bond donors (Lipinski definition) is 1. The minimum atomic E-state index is -0.478. The van der Waals surface area contributed by atoms with Gasteiger partial charge in [-0.15, -0.1) is 0 Å². The van der Waals surface area contributed by atoms with Gasteiger partial charge in [0.1, 0.15) is 0 Å². The maximum absolute atomic E-state index is 13.7. The molecule has 0 aromatic heterocycles. The van der Waals surface area contributed by atoms with Gasteiger partial charge in [-0.05, 0) is 47.9 Å². The minimum absolute atomic E-state index is 0.130. The van der Waals surface area contributed by atoms with Crippen molar-refractivity contribution in [2.75, 3.05) is 18.6 Å². The summed E-state index contributed by atoms with van der Waals surface area (Å²) in [5.41, 5.74) is 2.33. The lowest BCUT2D eigenvalue weighted by molar-refractivity contribution is -0.117. The number of amides is 2. The van der Waals surface area contributed by atoms with Gasteiger partial charge >= 0.3 is 0 Å². The van der Waals surface area contributed by atoms with Gasteiger partial charge in [-0.25, -0.2) is 4.39 Å². The van der Waals surface area contributed by atoms with Crippen LogP contribution in [0.15, 0.2) is 48.5 Å². The van der Waals surface area contributed by atoms with Crippen molar-refractivity contribution >= 4 is 23.6 Å². The van der Waals surface area contributed by atoms with Gasteiger partial charge in [-0.1, -0.05) is 18.2 Å². The largest absolute Gasteiger partial charge is 0.494 e. The number of rotatable bonds is 6. The van der Waals surface area contributed by atoms with Crippen LogP contribution in [-0.4, -0.2) is 25.5 Å². The van der Waals surface area contributed by atoms with Crippen molar-refractivity contribution in [1.82, 2.24) is 5.32 Å². The van der Waals surface area contributed by atoms with E-state index in [9.17, 15) is 14.0 Å². The Kier molecular flexibility index (Phi) is 5.86. The fourth-order valence-electron chi connectivity index (χ4n) is 2.96. The average Bonchev–Trinajstić information content (AvgIpc) is 3.11. The van der Waals surface area contributed by atoms with Crippen molar-refractivity contribution in [2.24, 2.45) is 0 Å². The van der Waals surface area contributed by atoms with E-state index in [1.807, 2.05) is 24.3 Å². The molecule has 0 aliphatic carbocycles. The first-order chi connectivity index (χ1) is 13.1. The van der Waals surface area contributed by atoms with Crippen LogP contribution >= 0.6 is 0 Å². The van der Waals surface area contributed by atoms with E-state index in [1.54, 1.807) is 11.0 Å². The van der Waals surface area contributed by atoms with Gasteiger partial charge in [-0.2, -0.15) is 0 Å². The van der Waals surface area contributed by atoms with Crippen molar-refractivity contribution in [2.45, 2.75) is 19.4 Å². The maximum atomic E-state index is 13.7. The monoisotopic (exact) mass is 368 g/mol. The van der Waals surface area contributed by atoms with Crippen LogP contribution in [0.1, 0.15) is 24.0 Å². The SMILES string of the molecule is COc1ccc(/C=C/C(=O)NCc2cccc(N3CCCC3=O)c2)cc1F. The van der Waals surface area contributed by atoms with E-state index < -0.39 is 5.82 Å². The Morgan fingerprint density at radius 2 is 2.15 bits per heavy atom. The molecule has 1 aliphatic rings. The quantitative estimate of drug-likeness (QED) is 0.796. The molecule has 27 heavy (non-hydrogen) atoms. The molecule has 0 unspecified atom stereocenters. The number of benzene rings is 2. The molecule has 0 radical (unpaired) electrons. The number of carbonyl (C=O) groups excluding carboxylic acids is 2. The molecule has 0 atom stereocenters. The Bertz CT molecular complexity index is 879. The minimum Gasteiger partial charge on any atom is -0.494 e. The molecule has 1 saturated heterocycles. The first kappa shape index (κ1) is 18.6. The number of carbonyl (C=O) groups is 2. The first-order valence-electron chi connectivity index (χ1n) is 8.75. The average molecular weight is 368 g/mol. The molecule has 2 aromatic carbocycles. The summed E-state index contributed by atoms with van der Waals surface area (Å²) in [6, 6.07) is 12.1. The molecule has 0 bridgehead atoms. The third-order valence-corrected chi connectivity index (χ3v) is 4.37. The highest BCUT2D eigenvalue weighted by molar-refractivity contribution is 5.95. The highest BCUT2D eigenvalue weighted by Gasteiger charge is 2.21. The number of halogens is 1. The zero-order valence-corrected chi connectivity index (χ0v) is 15.1. The Balaban J connectivity index is 1.57.